The van der Waals surface area contributed by atoms with Gasteiger partial charge in [0, 0.05) is 45.3 Å². The van der Waals surface area contributed by atoms with Crippen molar-refractivity contribution in [1.29, 1.82) is 0 Å². The van der Waals surface area contributed by atoms with Crippen LogP contribution in [0, 0.1) is 0 Å². The molecule has 27 heavy (non-hydrogen) atoms. The van der Waals surface area contributed by atoms with Gasteiger partial charge in [0.15, 0.2) is 0 Å². The summed E-state index contributed by atoms with van der Waals surface area (Å²) in [5.41, 5.74) is 0. The molecule has 1 atom stereocenters. The summed E-state index contributed by atoms with van der Waals surface area (Å²) in [6, 6.07) is 0.855. The largest absolute Gasteiger partial charge is 0.308 e. The maximum Gasteiger partial charge on any atom is 0.0113 e. The minimum Gasteiger partial charge on any atom is -0.308 e. The van der Waals surface area contributed by atoms with E-state index in [2.05, 4.69) is 42.6 Å². The van der Waals surface area contributed by atoms with Gasteiger partial charge < -0.3 is 4.90 Å². The van der Waals surface area contributed by atoms with E-state index >= 15 is 0 Å². The van der Waals surface area contributed by atoms with Crippen LogP contribution < -0.4 is 0 Å². The van der Waals surface area contributed by atoms with Gasteiger partial charge in [0.2, 0.25) is 0 Å². The lowest BCUT2D eigenvalue weighted by Gasteiger charge is -2.40. The summed E-state index contributed by atoms with van der Waals surface area (Å²) < 4.78 is 0. The average molecular weight is 382 g/mol. The van der Waals surface area contributed by atoms with Crippen LogP contribution in [0.3, 0.4) is 0 Å². The molecule has 0 aromatic rings. The second-order valence-electron chi connectivity index (χ2n) is 9.09. The highest BCUT2D eigenvalue weighted by Crippen LogP contribution is 2.20. The first-order chi connectivity index (χ1) is 13.2. The summed E-state index contributed by atoms with van der Waals surface area (Å²) in [5.74, 6) is 0. The van der Waals surface area contributed by atoms with E-state index in [0.29, 0.717) is 0 Å². The molecule has 0 bridgehead atoms. The van der Waals surface area contributed by atoms with Crippen LogP contribution in [-0.4, -0.2) is 74.1 Å². The predicted octanol–water partition coefficient (Wildman–Crippen LogP) is 5.65. The molecule has 0 aliphatic carbocycles. The second-order valence-corrected chi connectivity index (χ2v) is 9.09. The van der Waals surface area contributed by atoms with Crippen LogP contribution in [-0.2, 0) is 0 Å². The van der Waals surface area contributed by atoms with Crippen molar-refractivity contribution in [2.24, 2.45) is 0 Å². The fourth-order valence-corrected chi connectivity index (χ4v) is 4.35. The monoisotopic (exact) mass is 381 g/mol. The third-order valence-corrected chi connectivity index (χ3v) is 6.32. The maximum atomic E-state index is 2.85. The third-order valence-electron chi connectivity index (χ3n) is 6.32. The number of piperazine rings is 1. The van der Waals surface area contributed by atoms with Gasteiger partial charge in [-0.05, 0) is 26.9 Å². The zero-order chi connectivity index (χ0) is 19.7. The Labute approximate surface area is 171 Å². The molecule has 3 heteroatoms. The minimum atomic E-state index is 0.855. The van der Waals surface area contributed by atoms with Crippen LogP contribution in [0.4, 0.5) is 0 Å². The summed E-state index contributed by atoms with van der Waals surface area (Å²) in [6.45, 7) is 12.2. The van der Waals surface area contributed by atoms with Gasteiger partial charge in [-0.1, -0.05) is 84.5 Å². The van der Waals surface area contributed by atoms with E-state index in [0.717, 1.165) is 6.04 Å². The quantitative estimate of drug-likeness (QED) is 0.302. The Morgan fingerprint density at radius 1 is 0.667 bits per heavy atom. The summed E-state index contributed by atoms with van der Waals surface area (Å²) in [6.07, 6.45) is 18.6. The molecule has 1 rings (SSSR count). The Morgan fingerprint density at radius 3 is 1.63 bits per heavy atom. The SMILES string of the molecule is CCCCCCCCC(CCCCCCC)N1CCN(CCN(C)C)CC1. The first-order valence-electron chi connectivity index (χ1n) is 12.3. The molecule has 0 aromatic heterocycles. The van der Waals surface area contributed by atoms with Gasteiger partial charge in [0.1, 0.15) is 0 Å². The number of nitrogens with zero attached hydrogens (tertiary/aromatic N) is 3. The molecule has 1 saturated heterocycles. The van der Waals surface area contributed by atoms with Crippen LogP contribution in [0.1, 0.15) is 97.3 Å². The Kier molecular flexibility index (Phi) is 15.5. The van der Waals surface area contributed by atoms with Crippen molar-refractivity contribution < 1.29 is 0 Å². The fourth-order valence-electron chi connectivity index (χ4n) is 4.35. The summed E-state index contributed by atoms with van der Waals surface area (Å²) in [5, 5.41) is 0. The second kappa shape index (κ2) is 16.8. The molecule has 1 unspecified atom stereocenters. The molecule has 1 aliphatic heterocycles. The summed E-state index contributed by atoms with van der Waals surface area (Å²) in [4.78, 5) is 7.82. The van der Waals surface area contributed by atoms with Crippen molar-refractivity contribution in [2.75, 3.05) is 53.4 Å². The number of unbranched alkanes of at least 4 members (excludes halogenated alkanes) is 9. The van der Waals surface area contributed by atoms with E-state index in [1.54, 1.807) is 0 Å². The van der Waals surface area contributed by atoms with Gasteiger partial charge in [-0.3, -0.25) is 9.80 Å². The van der Waals surface area contributed by atoms with Crippen molar-refractivity contribution in [3.8, 4) is 0 Å². The van der Waals surface area contributed by atoms with Crippen LogP contribution in [0.2, 0.25) is 0 Å². The topological polar surface area (TPSA) is 9.72 Å². The fraction of sp³-hybridized carbons (Fsp3) is 1.00. The zero-order valence-corrected chi connectivity index (χ0v) is 19.4. The van der Waals surface area contributed by atoms with Crippen molar-refractivity contribution in [3.05, 3.63) is 0 Å². The highest BCUT2D eigenvalue weighted by Gasteiger charge is 2.23. The third kappa shape index (κ3) is 12.9. The molecule has 0 saturated carbocycles. The van der Waals surface area contributed by atoms with Crippen molar-refractivity contribution >= 4 is 0 Å². The van der Waals surface area contributed by atoms with Crippen LogP contribution in [0.5, 0.6) is 0 Å². The van der Waals surface area contributed by atoms with E-state index in [9.17, 15) is 0 Å². The maximum absolute atomic E-state index is 2.85. The standard InChI is InChI=1S/C24H51N3/c1-5-7-9-11-13-15-17-24(16-14-12-10-8-6-2)27-22-20-26(21-23-27)19-18-25(3)4/h24H,5-23H2,1-4H3. The van der Waals surface area contributed by atoms with Gasteiger partial charge in [-0.25, -0.2) is 0 Å². The molecule has 3 nitrogen and oxygen atoms in total. The lowest BCUT2D eigenvalue weighted by molar-refractivity contribution is 0.0820. The minimum absolute atomic E-state index is 0.855. The molecule has 0 amide bonds. The highest BCUT2D eigenvalue weighted by atomic mass is 15.3. The number of hydrogen-bond donors (Lipinski definition) is 0. The molecule has 0 spiro atoms. The van der Waals surface area contributed by atoms with Crippen molar-refractivity contribution in [2.45, 2.75) is 103 Å². The summed E-state index contributed by atoms with van der Waals surface area (Å²) >= 11 is 0. The number of rotatable bonds is 17. The number of hydrogen-bond acceptors (Lipinski definition) is 3. The van der Waals surface area contributed by atoms with E-state index in [-0.39, 0.29) is 0 Å². The first kappa shape index (κ1) is 24.9. The van der Waals surface area contributed by atoms with E-state index in [1.807, 2.05) is 0 Å². The van der Waals surface area contributed by atoms with E-state index < -0.39 is 0 Å². The van der Waals surface area contributed by atoms with Gasteiger partial charge in [0.25, 0.3) is 0 Å². The van der Waals surface area contributed by atoms with E-state index in [4.69, 9.17) is 0 Å². The predicted molar refractivity (Wildman–Crippen MR) is 122 cm³/mol. The van der Waals surface area contributed by atoms with Crippen molar-refractivity contribution in [3.63, 3.8) is 0 Å². The molecule has 1 aliphatic rings. The number of likely N-dealkylation sites (N-methyl/N-ethyl adjacent to an activating group) is 1. The normalized spacial score (nSPS) is 17.7. The first-order valence-corrected chi connectivity index (χ1v) is 12.3. The average Bonchev–Trinajstić information content (AvgIpc) is 2.67. The van der Waals surface area contributed by atoms with Gasteiger partial charge in [-0.2, -0.15) is 0 Å². The smallest absolute Gasteiger partial charge is 0.0113 e. The molecular formula is C24H51N3. The Hall–Kier alpha value is -0.120. The molecule has 0 N–H and O–H groups in total. The highest BCUT2D eigenvalue weighted by molar-refractivity contribution is 4.79. The van der Waals surface area contributed by atoms with Crippen molar-refractivity contribution in [1.82, 2.24) is 14.7 Å². The Bertz CT molecular complexity index is 311. The Morgan fingerprint density at radius 2 is 1.15 bits per heavy atom. The van der Waals surface area contributed by atoms with Crippen LogP contribution in [0.15, 0.2) is 0 Å². The molecule has 0 radical (unpaired) electrons. The Balaban J connectivity index is 2.31. The van der Waals surface area contributed by atoms with Gasteiger partial charge in [-0.15, -0.1) is 0 Å². The molecule has 162 valence electrons. The summed E-state index contributed by atoms with van der Waals surface area (Å²) in [7, 11) is 4.37. The van der Waals surface area contributed by atoms with E-state index in [1.165, 1.54) is 123 Å². The molecule has 1 fully saturated rings. The van der Waals surface area contributed by atoms with Crippen LogP contribution in [0.25, 0.3) is 0 Å². The van der Waals surface area contributed by atoms with Crippen LogP contribution >= 0.6 is 0 Å². The molecule has 0 aromatic carbocycles. The molecule has 1 heterocycles. The lowest BCUT2D eigenvalue weighted by Crippen LogP contribution is -2.51. The zero-order valence-electron chi connectivity index (χ0n) is 19.4. The lowest BCUT2D eigenvalue weighted by atomic mass is 9.98. The van der Waals surface area contributed by atoms with Gasteiger partial charge in [0.05, 0.1) is 0 Å². The van der Waals surface area contributed by atoms with Gasteiger partial charge >= 0.3 is 0 Å². The molecular weight excluding hydrogens is 330 g/mol.